The maximum atomic E-state index is 14.0. The Morgan fingerprint density at radius 3 is 2.43 bits per heavy atom. The van der Waals surface area contributed by atoms with Crippen LogP contribution < -0.4 is 19.6 Å². The molecule has 5 rings (SSSR count). The van der Waals surface area contributed by atoms with Crippen molar-refractivity contribution in [3.8, 4) is 5.75 Å². The SMILES string of the molecule is CCOC(=O)C1=C(C)N=c2s/c(=C\c3cc(Br)ccc3OCc3ccc(C(=O)OCC)cc3)c(=O)n2[C@@H]1c1ccccc1Cl. The molecule has 2 heterocycles. The number of allylic oxidation sites excluding steroid dienone is 1. The topological polar surface area (TPSA) is 96.2 Å². The number of rotatable bonds is 9. The number of carbonyl (C=O) groups excluding carboxylic acids is 2. The number of aromatic nitrogens is 1. The molecule has 0 bridgehead atoms. The summed E-state index contributed by atoms with van der Waals surface area (Å²) in [7, 11) is 0. The molecule has 11 heteroatoms. The zero-order valence-electron chi connectivity index (χ0n) is 24.1. The van der Waals surface area contributed by atoms with Crippen molar-refractivity contribution in [1.29, 1.82) is 0 Å². The second kappa shape index (κ2) is 13.8. The highest BCUT2D eigenvalue weighted by atomic mass is 79.9. The normalized spacial score (nSPS) is 14.6. The minimum atomic E-state index is -0.808. The van der Waals surface area contributed by atoms with E-state index in [1.165, 1.54) is 15.9 Å². The zero-order valence-corrected chi connectivity index (χ0v) is 27.3. The van der Waals surface area contributed by atoms with Crippen LogP contribution >= 0.6 is 38.9 Å². The molecule has 1 aliphatic rings. The van der Waals surface area contributed by atoms with Gasteiger partial charge in [0.2, 0.25) is 0 Å². The van der Waals surface area contributed by atoms with Crippen LogP contribution in [0.3, 0.4) is 0 Å². The largest absolute Gasteiger partial charge is 0.488 e. The van der Waals surface area contributed by atoms with Gasteiger partial charge in [-0.2, -0.15) is 0 Å². The predicted molar refractivity (Wildman–Crippen MR) is 173 cm³/mol. The first-order chi connectivity index (χ1) is 21.2. The van der Waals surface area contributed by atoms with E-state index in [1.807, 2.05) is 24.3 Å². The molecule has 0 spiro atoms. The van der Waals surface area contributed by atoms with Gasteiger partial charge in [0.15, 0.2) is 4.80 Å². The van der Waals surface area contributed by atoms with Gasteiger partial charge < -0.3 is 14.2 Å². The first-order valence-corrected chi connectivity index (χ1v) is 15.8. The van der Waals surface area contributed by atoms with Crippen molar-refractivity contribution in [2.24, 2.45) is 4.99 Å². The number of benzene rings is 3. The van der Waals surface area contributed by atoms with E-state index in [9.17, 15) is 14.4 Å². The lowest BCUT2D eigenvalue weighted by molar-refractivity contribution is -0.139. The van der Waals surface area contributed by atoms with Gasteiger partial charge in [0.25, 0.3) is 5.56 Å². The molecule has 0 fully saturated rings. The molecule has 0 N–H and O–H groups in total. The van der Waals surface area contributed by atoms with Crippen molar-refractivity contribution >= 4 is 56.9 Å². The Labute approximate surface area is 271 Å². The fourth-order valence-electron chi connectivity index (χ4n) is 4.80. The Balaban J connectivity index is 1.54. The highest BCUT2D eigenvalue weighted by molar-refractivity contribution is 9.10. The molecule has 0 radical (unpaired) electrons. The van der Waals surface area contributed by atoms with Crippen LogP contribution in [0.5, 0.6) is 5.75 Å². The lowest BCUT2D eigenvalue weighted by Gasteiger charge is -2.25. The van der Waals surface area contributed by atoms with Crippen LogP contribution in [0, 0.1) is 0 Å². The summed E-state index contributed by atoms with van der Waals surface area (Å²) in [4.78, 5) is 44.2. The van der Waals surface area contributed by atoms with Gasteiger partial charge in [0.05, 0.1) is 34.6 Å². The van der Waals surface area contributed by atoms with Gasteiger partial charge in [-0.15, -0.1) is 0 Å². The Hall–Kier alpha value is -3.99. The molecule has 0 unspecified atom stereocenters. The minimum Gasteiger partial charge on any atom is -0.488 e. The van der Waals surface area contributed by atoms with Gasteiger partial charge in [-0.05, 0) is 74.4 Å². The summed E-state index contributed by atoms with van der Waals surface area (Å²) in [5.74, 6) is -0.372. The summed E-state index contributed by atoms with van der Waals surface area (Å²) >= 11 is 11.3. The molecule has 0 saturated carbocycles. The van der Waals surface area contributed by atoms with Gasteiger partial charge in [0, 0.05) is 15.1 Å². The van der Waals surface area contributed by atoms with Gasteiger partial charge in [-0.1, -0.05) is 69.2 Å². The molecule has 0 saturated heterocycles. The van der Waals surface area contributed by atoms with Crippen LogP contribution in [0.25, 0.3) is 6.08 Å². The third-order valence-electron chi connectivity index (χ3n) is 6.83. The number of hydrogen-bond acceptors (Lipinski definition) is 8. The van der Waals surface area contributed by atoms with Crippen LogP contribution in [0.4, 0.5) is 0 Å². The maximum Gasteiger partial charge on any atom is 0.338 e. The van der Waals surface area contributed by atoms with E-state index in [0.29, 0.717) is 49.1 Å². The van der Waals surface area contributed by atoms with E-state index in [0.717, 1.165) is 10.0 Å². The Morgan fingerprint density at radius 2 is 1.73 bits per heavy atom. The summed E-state index contributed by atoms with van der Waals surface area (Å²) in [5.41, 5.74) is 2.98. The minimum absolute atomic E-state index is 0.177. The number of halogens is 2. The molecular weight excluding hydrogens is 668 g/mol. The number of fused-ring (bicyclic) bond motifs is 1. The Kier molecular flexibility index (Phi) is 9.83. The zero-order chi connectivity index (χ0) is 31.4. The fourth-order valence-corrected chi connectivity index (χ4v) is 6.46. The molecular formula is C33H28BrClN2O6S. The lowest BCUT2D eigenvalue weighted by Crippen LogP contribution is -2.40. The average molecular weight is 696 g/mol. The van der Waals surface area contributed by atoms with E-state index in [-0.39, 0.29) is 30.3 Å². The standard InChI is InChI=1S/C33H28BrClN2O6S/c1-4-41-31(39)21-12-10-20(11-13-21)18-43-26-15-14-23(34)16-22(26)17-27-30(38)37-29(24-8-6-7-9-25(24)35)28(32(40)42-5-2)19(3)36-33(37)44-27/h6-17,29H,4-5,18H2,1-3H3/b27-17-/t29-/m1/s1. The molecule has 0 amide bonds. The molecule has 1 atom stereocenters. The van der Waals surface area contributed by atoms with Crippen molar-refractivity contribution in [1.82, 2.24) is 4.57 Å². The van der Waals surface area contributed by atoms with Crippen molar-refractivity contribution in [3.05, 3.63) is 129 Å². The van der Waals surface area contributed by atoms with Crippen LogP contribution in [-0.2, 0) is 20.9 Å². The summed E-state index contributed by atoms with van der Waals surface area (Å²) in [6.07, 6.45) is 1.75. The fraction of sp³-hybridized carbons (Fsp3) is 0.212. The third-order valence-corrected chi connectivity index (χ3v) is 8.66. The summed E-state index contributed by atoms with van der Waals surface area (Å²) in [6.45, 7) is 5.94. The molecule has 0 aliphatic carbocycles. The monoisotopic (exact) mass is 694 g/mol. The second-order valence-electron chi connectivity index (χ2n) is 9.71. The third kappa shape index (κ3) is 6.57. The maximum absolute atomic E-state index is 14.0. The van der Waals surface area contributed by atoms with Gasteiger partial charge in [-0.3, -0.25) is 9.36 Å². The lowest BCUT2D eigenvalue weighted by atomic mass is 9.96. The van der Waals surface area contributed by atoms with Crippen molar-refractivity contribution in [2.75, 3.05) is 13.2 Å². The van der Waals surface area contributed by atoms with E-state index < -0.39 is 12.0 Å². The summed E-state index contributed by atoms with van der Waals surface area (Å²) < 4.78 is 19.3. The molecule has 1 aromatic heterocycles. The van der Waals surface area contributed by atoms with E-state index >= 15 is 0 Å². The van der Waals surface area contributed by atoms with Gasteiger partial charge in [0.1, 0.15) is 18.4 Å². The van der Waals surface area contributed by atoms with E-state index in [2.05, 4.69) is 20.9 Å². The van der Waals surface area contributed by atoms with E-state index in [4.69, 9.17) is 25.8 Å². The van der Waals surface area contributed by atoms with Crippen molar-refractivity contribution < 1.29 is 23.8 Å². The molecule has 226 valence electrons. The number of nitrogens with zero attached hydrogens (tertiary/aromatic N) is 2. The molecule has 44 heavy (non-hydrogen) atoms. The van der Waals surface area contributed by atoms with Gasteiger partial charge >= 0.3 is 11.9 Å². The summed E-state index contributed by atoms with van der Waals surface area (Å²) in [6, 6.07) is 18.8. The second-order valence-corrected chi connectivity index (χ2v) is 12.0. The van der Waals surface area contributed by atoms with Crippen molar-refractivity contribution in [3.63, 3.8) is 0 Å². The number of esters is 2. The van der Waals surface area contributed by atoms with E-state index in [1.54, 1.807) is 69.3 Å². The van der Waals surface area contributed by atoms with Gasteiger partial charge in [-0.25, -0.2) is 14.6 Å². The Bertz CT molecular complexity index is 1950. The van der Waals surface area contributed by atoms with Crippen LogP contribution in [-0.4, -0.2) is 29.7 Å². The van der Waals surface area contributed by atoms with Crippen LogP contribution in [0.1, 0.15) is 53.9 Å². The molecule has 4 aromatic rings. The molecule has 1 aliphatic heterocycles. The first-order valence-electron chi connectivity index (χ1n) is 13.8. The predicted octanol–water partition coefficient (Wildman–Crippen LogP) is 5.97. The Morgan fingerprint density at radius 1 is 1.02 bits per heavy atom. The highest BCUT2D eigenvalue weighted by Gasteiger charge is 2.34. The number of thiazole rings is 1. The number of hydrogen-bond donors (Lipinski definition) is 0. The molecule has 8 nitrogen and oxygen atoms in total. The quantitative estimate of drug-likeness (QED) is 0.200. The molecule has 3 aromatic carbocycles. The number of carbonyl (C=O) groups is 2. The van der Waals surface area contributed by atoms with Crippen LogP contribution in [0.15, 0.2) is 92.3 Å². The van der Waals surface area contributed by atoms with Crippen molar-refractivity contribution in [2.45, 2.75) is 33.4 Å². The highest BCUT2D eigenvalue weighted by Crippen LogP contribution is 2.34. The smallest absolute Gasteiger partial charge is 0.338 e. The first kappa shape index (κ1) is 31.4. The van der Waals surface area contributed by atoms with Crippen LogP contribution in [0.2, 0.25) is 5.02 Å². The number of ether oxygens (including phenoxy) is 3. The average Bonchev–Trinajstić information content (AvgIpc) is 3.30. The summed E-state index contributed by atoms with van der Waals surface area (Å²) in [5, 5.41) is 0.418.